The van der Waals surface area contributed by atoms with E-state index in [0.29, 0.717) is 11.3 Å². The van der Waals surface area contributed by atoms with E-state index in [4.69, 9.17) is 9.47 Å². The van der Waals surface area contributed by atoms with Crippen molar-refractivity contribution < 1.29 is 14.3 Å². The van der Waals surface area contributed by atoms with Gasteiger partial charge in [0.05, 0.1) is 12.8 Å². The maximum atomic E-state index is 11.3. The van der Waals surface area contributed by atoms with Crippen molar-refractivity contribution in [3.63, 3.8) is 0 Å². The Bertz CT molecular complexity index is 966. The summed E-state index contributed by atoms with van der Waals surface area (Å²) in [5.74, 6) is 0.871. The second kappa shape index (κ2) is 7.49. The van der Waals surface area contributed by atoms with Crippen LogP contribution in [-0.2, 0) is 4.79 Å². The number of pyridine rings is 1. The lowest BCUT2D eigenvalue weighted by Crippen LogP contribution is -2.02. The van der Waals surface area contributed by atoms with Crippen LogP contribution in [0.5, 0.6) is 11.5 Å². The molecule has 0 bridgehead atoms. The minimum atomic E-state index is -0.367. The molecule has 2 aromatic carbocycles. The first kappa shape index (κ1) is 17.2. The van der Waals surface area contributed by atoms with Crippen LogP contribution in [0.25, 0.3) is 23.1 Å². The summed E-state index contributed by atoms with van der Waals surface area (Å²) in [6, 6.07) is 15.2. The van der Waals surface area contributed by atoms with Crippen molar-refractivity contribution in [2.45, 2.75) is 6.92 Å². The highest BCUT2D eigenvalue weighted by Crippen LogP contribution is 2.27. The monoisotopic (exact) mass is 397 g/mol. The van der Waals surface area contributed by atoms with Crippen molar-refractivity contribution in [2.75, 3.05) is 7.11 Å². The Kier molecular flexibility index (Phi) is 5.14. The molecule has 0 aliphatic carbocycles. The summed E-state index contributed by atoms with van der Waals surface area (Å²) in [6.07, 6.45) is 3.83. The van der Waals surface area contributed by atoms with Crippen LogP contribution in [0, 0.1) is 0 Å². The van der Waals surface area contributed by atoms with Crippen LogP contribution in [0.15, 0.2) is 53.0 Å². The fourth-order valence-corrected chi connectivity index (χ4v) is 2.85. The minimum absolute atomic E-state index is 0.367. The molecule has 0 atom stereocenters. The van der Waals surface area contributed by atoms with Gasteiger partial charge in [-0.05, 0) is 42.5 Å². The Morgan fingerprint density at radius 1 is 1.08 bits per heavy atom. The first-order valence-electron chi connectivity index (χ1n) is 7.66. The Morgan fingerprint density at radius 3 is 2.68 bits per heavy atom. The van der Waals surface area contributed by atoms with Crippen LogP contribution in [0.1, 0.15) is 18.2 Å². The number of esters is 1. The van der Waals surface area contributed by atoms with Gasteiger partial charge in [0.15, 0.2) is 5.75 Å². The zero-order valence-electron chi connectivity index (χ0n) is 13.8. The smallest absolute Gasteiger partial charge is 0.308 e. The fraction of sp³-hybridized carbons (Fsp3) is 0.100. The Balaban J connectivity index is 1.99. The number of ether oxygens (including phenoxy) is 2. The average Bonchev–Trinajstić information content (AvgIpc) is 2.60. The van der Waals surface area contributed by atoms with Crippen molar-refractivity contribution >= 4 is 45.0 Å². The molecule has 0 radical (unpaired) electrons. The first-order valence-corrected chi connectivity index (χ1v) is 8.46. The first-order chi connectivity index (χ1) is 12.1. The van der Waals surface area contributed by atoms with Crippen molar-refractivity contribution in [1.82, 2.24) is 4.98 Å². The number of para-hydroxylation sites is 1. The van der Waals surface area contributed by atoms with Crippen LogP contribution < -0.4 is 9.47 Å². The number of hydrogen-bond acceptors (Lipinski definition) is 4. The second-order valence-corrected chi connectivity index (χ2v) is 6.29. The molecule has 0 spiro atoms. The molecule has 0 aliphatic rings. The minimum Gasteiger partial charge on any atom is -0.496 e. The van der Waals surface area contributed by atoms with E-state index in [1.54, 1.807) is 13.2 Å². The molecule has 0 saturated heterocycles. The highest BCUT2D eigenvalue weighted by atomic mass is 79.9. The van der Waals surface area contributed by atoms with Gasteiger partial charge in [-0.3, -0.25) is 4.79 Å². The summed E-state index contributed by atoms with van der Waals surface area (Å²) < 4.78 is 11.6. The van der Waals surface area contributed by atoms with Crippen LogP contribution in [0.4, 0.5) is 0 Å². The lowest BCUT2D eigenvalue weighted by Gasteiger charge is -2.07. The third-order valence-electron chi connectivity index (χ3n) is 3.58. The van der Waals surface area contributed by atoms with Crippen LogP contribution in [-0.4, -0.2) is 18.1 Å². The summed E-state index contributed by atoms with van der Waals surface area (Å²) in [7, 11) is 1.64. The number of benzene rings is 2. The Morgan fingerprint density at radius 2 is 1.92 bits per heavy atom. The maximum Gasteiger partial charge on any atom is 0.308 e. The van der Waals surface area contributed by atoms with E-state index in [9.17, 15) is 4.79 Å². The summed E-state index contributed by atoms with van der Waals surface area (Å²) in [4.78, 5) is 15.9. The molecule has 3 aromatic rings. The number of halogens is 1. The number of carbonyl (C=O) groups is 1. The molecule has 126 valence electrons. The van der Waals surface area contributed by atoms with E-state index in [1.807, 2.05) is 54.6 Å². The number of carbonyl (C=O) groups excluding carboxylic acids is 1. The predicted molar refractivity (Wildman–Crippen MR) is 103 cm³/mol. The van der Waals surface area contributed by atoms with E-state index in [1.165, 1.54) is 6.92 Å². The lowest BCUT2D eigenvalue weighted by atomic mass is 10.1. The van der Waals surface area contributed by atoms with Crippen LogP contribution in [0.3, 0.4) is 0 Å². The normalized spacial score (nSPS) is 11.0. The van der Waals surface area contributed by atoms with Gasteiger partial charge >= 0.3 is 5.97 Å². The molecule has 5 heteroatoms. The Hall–Kier alpha value is -2.66. The molecule has 1 heterocycles. The number of aromatic nitrogens is 1. The molecule has 3 rings (SSSR count). The maximum absolute atomic E-state index is 11.3. The fourth-order valence-electron chi connectivity index (χ4n) is 2.48. The van der Waals surface area contributed by atoms with E-state index in [-0.39, 0.29) is 5.97 Å². The van der Waals surface area contributed by atoms with E-state index >= 15 is 0 Å². The molecule has 0 fully saturated rings. The zero-order chi connectivity index (χ0) is 17.8. The predicted octanol–water partition coefficient (Wildman–Crippen LogP) is 5.10. The molecule has 25 heavy (non-hydrogen) atoms. The van der Waals surface area contributed by atoms with Gasteiger partial charge in [0, 0.05) is 22.3 Å². The highest BCUT2D eigenvalue weighted by molar-refractivity contribution is 9.10. The molecule has 0 unspecified atom stereocenters. The number of hydrogen-bond donors (Lipinski definition) is 0. The lowest BCUT2D eigenvalue weighted by molar-refractivity contribution is -0.131. The number of fused-ring (bicyclic) bond motifs is 1. The second-order valence-electron chi connectivity index (χ2n) is 5.38. The standard InChI is InChI=1S/C20H16BrNO3/c1-13(23)25-19-5-3-4-14-6-9-17(22-20(14)19)10-7-15-12-16(21)8-11-18(15)24-2/h3-12H,1-2H3. The Labute approximate surface area is 154 Å². The van der Waals surface area contributed by atoms with Gasteiger partial charge in [-0.2, -0.15) is 0 Å². The molecular formula is C20H16BrNO3. The van der Waals surface area contributed by atoms with Crippen LogP contribution in [0.2, 0.25) is 0 Å². The molecule has 0 amide bonds. The van der Waals surface area contributed by atoms with Gasteiger partial charge < -0.3 is 9.47 Å². The quantitative estimate of drug-likeness (QED) is 0.453. The van der Waals surface area contributed by atoms with Crippen molar-refractivity contribution in [3.05, 3.63) is 64.3 Å². The summed E-state index contributed by atoms with van der Waals surface area (Å²) in [5.41, 5.74) is 2.35. The average molecular weight is 398 g/mol. The molecular weight excluding hydrogens is 382 g/mol. The largest absolute Gasteiger partial charge is 0.496 e. The molecule has 0 saturated carbocycles. The number of rotatable bonds is 4. The third kappa shape index (κ3) is 4.06. The SMILES string of the molecule is COc1ccc(Br)cc1C=Cc1ccc2cccc(OC(C)=O)c2n1. The zero-order valence-corrected chi connectivity index (χ0v) is 15.4. The van der Waals surface area contributed by atoms with Gasteiger partial charge in [0.2, 0.25) is 0 Å². The summed E-state index contributed by atoms with van der Waals surface area (Å²) >= 11 is 3.46. The van der Waals surface area contributed by atoms with Gasteiger partial charge in [-0.15, -0.1) is 0 Å². The van der Waals surface area contributed by atoms with Gasteiger partial charge in [-0.1, -0.05) is 34.1 Å². The van der Waals surface area contributed by atoms with E-state index in [0.717, 1.165) is 26.9 Å². The molecule has 1 aromatic heterocycles. The highest BCUT2D eigenvalue weighted by Gasteiger charge is 2.07. The van der Waals surface area contributed by atoms with Crippen LogP contribution >= 0.6 is 15.9 Å². The summed E-state index contributed by atoms with van der Waals surface area (Å²) in [5, 5.41) is 0.913. The van der Waals surface area contributed by atoms with E-state index < -0.39 is 0 Å². The van der Waals surface area contributed by atoms with Gasteiger partial charge in [0.1, 0.15) is 11.3 Å². The van der Waals surface area contributed by atoms with Crippen molar-refractivity contribution in [1.29, 1.82) is 0 Å². The van der Waals surface area contributed by atoms with Crippen molar-refractivity contribution in [3.8, 4) is 11.5 Å². The summed E-state index contributed by atoms with van der Waals surface area (Å²) in [6.45, 7) is 1.38. The number of methoxy groups -OCH3 is 1. The topological polar surface area (TPSA) is 48.4 Å². The van der Waals surface area contributed by atoms with Gasteiger partial charge in [0.25, 0.3) is 0 Å². The molecule has 4 nitrogen and oxygen atoms in total. The number of nitrogens with zero attached hydrogens (tertiary/aromatic N) is 1. The van der Waals surface area contributed by atoms with E-state index in [2.05, 4.69) is 20.9 Å². The van der Waals surface area contributed by atoms with Gasteiger partial charge in [-0.25, -0.2) is 4.98 Å². The third-order valence-corrected chi connectivity index (χ3v) is 4.08. The molecule has 0 aliphatic heterocycles. The molecule has 0 N–H and O–H groups in total. The van der Waals surface area contributed by atoms with Crippen molar-refractivity contribution in [2.24, 2.45) is 0 Å².